The van der Waals surface area contributed by atoms with Crippen LogP contribution in [-0.4, -0.2) is 28.8 Å². The molecule has 0 fully saturated rings. The Morgan fingerprint density at radius 2 is 1.88 bits per heavy atom. The summed E-state index contributed by atoms with van der Waals surface area (Å²) in [5.74, 6) is -1.53. The highest BCUT2D eigenvalue weighted by Crippen LogP contribution is 2.28. The highest BCUT2D eigenvalue weighted by Gasteiger charge is 2.29. The molecule has 4 aromatic rings. The molecule has 0 spiro atoms. The van der Waals surface area contributed by atoms with Gasteiger partial charge in [-0.3, -0.25) is 9.59 Å². The molecule has 0 atom stereocenters. The monoisotopic (exact) mass is 451 g/mol. The SMILES string of the molecule is COc1cc(N(Cc2ccc(F)cc2)C(=O)C(=O)c2c(C)[nH]c3ccc(Cl)cc23)ccn1. The molecule has 0 aliphatic heterocycles. The predicted octanol–water partition coefficient (Wildman–Crippen LogP) is 5.09. The van der Waals surface area contributed by atoms with Gasteiger partial charge in [0, 0.05) is 33.9 Å². The summed E-state index contributed by atoms with van der Waals surface area (Å²) in [4.78, 5) is 35.4. The molecule has 8 heteroatoms. The third-order valence-electron chi connectivity index (χ3n) is 5.11. The zero-order valence-corrected chi connectivity index (χ0v) is 18.1. The Balaban J connectivity index is 1.77. The number of nitrogens with zero attached hydrogens (tertiary/aromatic N) is 2. The minimum atomic E-state index is -0.744. The van der Waals surface area contributed by atoms with Crippen molar-refractivity contribution in [3.8, 4) is 5.88 Å². The van der Waals surface area contributed by atoms with Crippen LogP contribution in [0.4, 0.5) is 10.1 Å². The average molecular weight is 452 g/mol. The first-order valence-corrected chi connectivity index (χ1v) is 10.1. The van der Waals surface area contributed by atoms with E-state index in [9.17, 15) is 14.0 Å². The molecule has 1 amide bonds. The molecule has 1 N–H and O–H groups in total. The summed E-state index contributed by atoms with van der Waals surface area (Å²) < 4.78 is 18.5. The van der Waals surface area contributed by atoms with Gasteiger partial charge < -0.3 is 14.6 Å². The Morgan fingerprint density at radius 1 is 1.12 bits per heavy atom. The topological polar surface area (TPSA) is 75.3 Å². The van der Waals surface area contributed by atoms with Gasteiger partial charge in [0.25, 0.3) is 11.7 Å². The van der Waals surface area contributed by atoms with Crippen LogP contribution < -0.4 is 9.64 Å². The molecule has 0 aliphatic rings. The van der Waals surface area contributed by atoms with Crippen LogP contribution in [0.15, 0.2) is 60.8 Å². The quantitative estimate of drug-likeness (QED) is 0.327. The maximum Gasteiger partial charge on any atom is 0.299 e. The number of hydrogen-bond donors (Lipinski definition) is 1. The number of pyridine rings is 1. The third-order valence-corrected chi connectivity index (χ3v) is 5.34. The number of Topliss-reactive ketones (excluding diaryl/α,β-unsaturated/α-hetero) is 1. The Morgan fingerprint density at radius 3 is 2.59 bits per heavy atom. The number of aromatic amines is 1. The molecule has 2 heterocycles. The van der Waals surface area contributed by atoms with E-state index in [2.05, 4.69) is 9.97 Å². The molecular formula is C24H19ClFN3O3. The number of aryl methyl sites for hydroxylation is 1. The maximum absolute atomic E-state index is 13.5. The number of carbonyl (C=O) groups excluding carboxylic acids is 2. The lowest BCUT2D eigenvalue weighted by Crippen LogP contribution is -2.36. The van der Waals surface area contributed by atoms with Gasteiger partial charge in [-0.2, -0.15) is 0 Å². The van der Waals surface area contributed by atoms with E-state index < -0.39 is 11.7 Å². The zero-order chi connectivity index (χ0) is 22.8. The van der Waals surface area contributed by atoms with E-state index in [4.69, 9.17) is 16.3 Å². The first-order valence-electron chi connectivity index (χ1n) is 9.76. The Kier molecular flexibility index (Phi) is 5.92. The highest BCUT2D eigenvalue weighted by molar-refractivity contribution is 6.49. The van der Waals surface area contributed by atoms with Crippen molar-refractivity contribution in [3.05, 3.63) is 88.5 Å². The standard InChI is InChI=1S/C24H19ClFN3O3/c1-14-22(19-11-16(25)5-8-20(19)28-14)23(30)24(31)29(13-15-3-6-17(26)7-4-15)18-9-10-27-21(12-18)32-2/h3-12,28H,13H2,1-2H3. The number of H-pyrrole nitrogens is 1. The van der Waals surface area contributed by atoms with Crippen molar-refractivity contribution >= 4 is 39.9 Å². The van der Waals surface area contributed by atoms with Gasteiger partial charge in [0.1, 0.15) is 5.82 Å². The molecule has 2 aromatic heterocycles. The van der Waals surface area contributed by atoms with Crippen molar-refractivity contribution in [3.63, 3.8) is 0 Å². The van der Waals surface area contributed by atoms with E-state index in [1.165, 1.54) is 30.3 Å². The van der Waals surface area contributed by atoms with Crippen LogP contribution in [-0.2, 0) is 11.3 Å². The summed E-state index contributed by atoms with van der Waals surface area (Å²) in [6.45, 7) is 1.79. The molecule has 0 saturated carbocycles. The summed E-state index contributed by atoms with van der Waals surface area (Å²) >= 11 is 6.12. The fourth-order valence-electron chi connectivity index (χ4n) is 3.55. The third kappa shape index (κ3) is 4.20. The predicted molar refractivity (Wildman–Crippen MR) is 121 cm³/mol. The van der Waals surface area contributed by atoms with Crippen LogP contribution in [0.3, 0.4) is 0 Å². The van der Waals surface area contributed by atoms with E-state index in [1.54, 1.807) is 49.4 Å². The molecule has 0 aliphatic carbocycles. The van der Waals surface area contributed by atoms with Gasteiger partial charge >= 0.3 is 0 Å². The lowest BCUT2D eigenvalue weighted by molar-refractivity contribution is -0.114. The molecule has 0 bridgehead atoms. The molecule has 4 rings (SSSR count). The average Bonchev–Trinajstić information content (AvgIpc) is 3.12. The second-order valence-corrected chi connectivity index (χ2v) is 7.65. The largest absolute Gasteiger partial charge is 0.481 e. The minimum absolute atomic E-state index is 0.0557. The van der Waals surface area contributed by atoms with E-state index in [0.717, 1.165) is 0 Å². The van der Waals surface area contributed by atoms with Gasteiger partial charge in [0.05, 0.1) is 24.9 Å². The maximum atomic E-state index is 13.5. The number of aromatic nitrogens is 2. The van der Waals surface area contributed by atoms with Crippen molar-refractivity contribution < 1.29 is 18.7 Å². The fraction of sp³-hybridized carbons (Fsp3) is 0.125. The number of methoxy groups -OCH3 is 1. The number of benzene rings is 2. The Hall–Kier alpha value is -3.71. The Bertz CT molecular complexity index is 1320. The molecule has 2 aromatic carbocycles. The lowest BCUT2D eigenvalue weighted by Gasteiger charge is -2.22. The van der Waals surface area contributed by atoms with Gasteiger partial charge in [0.15, 0.2) is 0 Å². The number of carbonyl (C=O) groups is 2. The summed E-state index contributed by atoms with van der Waals surface area (Å²) in [7, 11) is 1.46. The summed E-state index contributed by atoms with van der Waals surface area (Å²) in [5.41, 5.74) is 2.61. The number of rotatable bonds is 6. The number of ether oxygens (including phenoxy) is 1. The molecule has 6 nitrogen and oxygen atoms in total. The minimum Gasteiger partial charge on any atom is -0.481 e. The fourth-order valence-corrected chi connectivity index (χ4v) is 3.72. The number of halogens is 2. The molecule has 0 unspecified atom stereocenters. The van der Waals surface area contributed by atoms with Crippen LogP contribution in [0.1, 0.15) is 21.6 Å². The smallest absolute Gasteiger partial charge is 0.299 e. The van der Waals surface area contributed by atoms with E-state index >= 15 is 0 Å². The van der Waals surface area contributed by atoms with Crippen molar-refractivity contribution in [1.82, 2.24) is 9.97 Å². The van der Waals surface area contributed by atoms with Crippen LogP contribution in [0, 0.1) is 12.7 Å². The van der Waals surface area contributed by atoms with E-state index in [1.807, 2.05) is 0 Å². The molecular weight excluding hydrogens is 433 g/mol. The zero-order valence-electron chi connectivity index (χ0n) is 17.4. The van der Waals surface area contributed by atoms with Crippen molar-refractivity contribution in [2.45, 2.75) is 13.5 Å². The summed E-state index contributed by atoms with van der Waals surface area (Å²) in [5, 5.41) is 1.03. The van der Waals surface area contributed by atoms with Gasteiger partial charge in [-0.15, -0.1) is 0 Å². The molecule has 0 saturated heterocycles. The molecule has 162 valence electrons. The van der Waals surface area contributed by atoms with E-state index in [-0.39, 0.29) is 17.9 Å². The second-order valence-electron chi connectivity index (χ2n) is 7.22. The molecule has 32 heavy (non-hydrogen) atoms. The number of ketones is 1. The van der Waals surface area contributed by atoms with E-state index in [0.29, 0.717) is 38.8 Å². The first-order chi connectivity index (χ1) is 15.4. The van der Waals surface area contributed by atoms with Crippen LogP contribution in [0.25, 0.3) is 10.9 Å². The normalized spacial score (nSPS) is 10.9. The van der Waals surface area contributed by atoms with Crippen LogP contribution >= 0.6 is 11.6 Å². The summed E-state index contributed by atoms with van der Waals surface area (Å²) in [6, 6.07) is 14.0. The van der Waals surface area contributed by atoms with Gasteiger partial charge in [-0.1, -0.05) is 23.7 Å². The van der Waals surface area contributed by atoms with Gasteiger partial charge in [-0.25, -0.2) is 9.37 Å². The number of hydrogen-bond acceptors (Lipinski definition) is 4. The summed E-state index contributed by atoms with van der Waals surface area (Å²) in [6.07, 6.45) is 1.49. The van der Waals surface area contributed by atoms with Crippen LogP contribution in [0.5, 0.6) is 5.88 Å². The number of amides is 1. The van der Waals surface area contributed by atoms with Crippen molar-refractivity contribution in [2.24, 2.45) is 0 Å². The first kappa shape index (κ1) is 21.5. The second kappa shape index (κ2) is 8.80. The molecule has 0 radical (unpaired) electrons. The van der Waals surface area contributed by atoms with Gasteiger partial charge in [-0.05, 0) is 48.9 Å². The van der Waals surface area contributed by atoms with Crippen molar-refractivity contribution in [2.75, 3.05) is 12.0 Å². The van der Waals surface area contributed by atoms with Gasteiger partial charge in [0.2, 0.25) is 5.88 Å². The van der Waals surface area contributed by atoms with Crippen LogP contribution in [0.2, 0.25) is 5.02 Å². The van der Waals surface area contributed by atoms with Crippen molar-refractivity contribution in [1.29, 1.82) is 0 Å². The number of fused-ring (bicyclic) bond motifs is 1. The lowest BCUT2D eigenvalue weighted by atomic mass is 10.0. The highest BCUT2D eigenvalue weighted by atomic mass is 35.5. The number of anilines is 1. The number of nitrogens with one attached hydrogen (secondary N) is 1. The Labute approximate surface area is 188 Å².